The minimum atomic E-state index is -0.277. The van der Waals surface area contributed by atoms with E-state index in [4.69, 9.17) is 4.42 Å². The number of carbonyl (C=O) groups excluding carboxylic acids is 1. The Balaban J connectivity index is 1.35. The Morgan fingerprint density at radius 1 is 1.00 bits per heavy atom. The number of carbonyl (C=O) groups is 1. The zero-order valence-electron chi connectivity index (χ0n) is 16.0. The van der Waals surface area contributed by atoms with Gasteiger partial charge in [-0.15, -0.1) is 0 Å². The highest BCUT2D eigenvalue weighted by molar-refractivity contribution is 5.95. The van der Waals surface area contributed by atoms with Crippen molar-refractivity contribution in [2.24, 2.45) is 5.10 Å². The summed E-state index contributed by atoms with van der Waals surface area (Å²) in [7, 11) is 0. The van der Waals surface area contributed by atoms with E-state index in [1.54, 1.807) is 24.3 Å². The summed E-state index contributed by atoms with van der Waals surface area (Å²) in [6, 6.07) is 26.7. The molecule has 1 aromatic heterocycles. The molecule has 6 nitrogen and oxygen atoms in total. The molecule has 0 aliphatic heterocycles. The average molecular weight is 394 g/mol. The molecule has 0 aliphatic rings. The first-order chi connectivity index (χ1) is 14.7. The second-order valence-electron chi connectivity index (χ2n) is 6.53. The predicted molar refractivity (Wildman–Crippen MR) is 117 cm³/mol. The van der Waals surface area contributed by atoms with E-state index < -0.39 is 0 Å². The Bertz CT molecular complexity index is 1260. The summed E-state index contributed by atoms with van der Waals surface area (Å²) >= 11 is 0. The van der Waals surface area contributed by atoms with E-state index in [0.29, 0.717) is 22.6 Å². The van der Waals surface area contributed by atoms with Crippen molar-refractivity contribution >= 4 is 28.6 Å². The van der Waals surface area contributed by atoms with Gasteiger partial charge < -0.3 is 9.73 Å². The van der Waals surface area contributed by atoms with Gasteiger partial charge in [0.2, 0.25) is 0 Å². The monoisotopic (exact) mass is 394 g/mol. The number of nitrogens with zero attached hydrogens (tertiary/aromatic N) is 2. The zero-order chi connectivity index (χ0) is 20.8. The van der Waals surface area contributed by atoms with Crippen molar-refractivity contribution in [3.8, 4) is 17.4 Å². The van der Waals surface area contributed by atoms with Crippen LogP contribution in [-0.2, 0) is 4.79 Å². The summed E-state index contributed by atoms with van der Waals surface area (Å²) in [6.45, 7) is 0.0876. The molecule has 4 aromatic rings. The van der Waals surface area contributed by atoms with E-state index in [2.05, 4.69) is 21.9 Å². The van der Waals surface area contributed by atoms with Crippen molar-refractivity contribution in [2.75, 3.05) is 11.9 Å². The second kappa shape index (κ2) is 8.76. The maximum Gasteiger partial charge on any atom is 0.259 e. The molecular formula is C24H18N4O2. The fourth-order valence-corrected chi connectivity index (χ4v) is 3.12. The van der Waals surface area contributed by atoms with Crippen molar-refractivity contribution in [2.45, 2.75) is 0 Å². The van der Waals surface area contributed by atoms with Crippen molar-refractivity contribution in [3.05, 3.63) is 90.2 Å². The quantitative estimate of drug-likeness (QED) is 0.371. The highest BCUT2D eigenvalue weighted by atomic mass is 16.3. The van der Waals surface area contributed by atoms with Gasteiger partial charge in [-0.3, -0.25) is 4.79 Å². The molecule has 2 N–H and O–H groups in total. The van der Waals surface area contributed by atoms with Crippen LogP contribution in [0.3, 0.4) is 0 Å². The molecule has 0 saturated heterocycles. The van der Waals surface area contributed by atoms with Gasteiger partial charge in [0, 0.05) is 16.6 Å². The second-order valence-corrected chi connectivity index (χ2v) is 6.53. The topological polar surface area (TPSA) is 90.4 Å². The molecule has 6 heteroatoms. The van der Waals surface area contributed by atoms with Crippen LogP contribution in [0.4, 0.5) is 5.69 Å². The van der Waals surface area contributed by atoms with Crippen LogP contribution in [0.1, 0.15) is 11.3 Å². The van der Waals surface area contributed by atoms with E-state index in [9.17, 15) is 10.1 Å². The van der Waals surface area contributed by atoms with E-state index >= 15 is 0 Å². The number of furan rings is 1. The summed E-state index contributed by atoms with van der Waals surface area (Å²) in [4.78, 5) is 12.1. The van der Waals surface area contributed by atoms with Crippen LogP contribution in [0, 0.1) is 11.3 Å². The number of fused-ring (bicyclic) bond motifs is 1. The van der Waals surface area contributed by atoms with Crippen LogP contribution in [-0.4, -0.2) is 18.7 Å². The minimum absolute atomic E-state index is 0.0876. The van der Waals surface area contributed by atoms with Crippen LogP contribution in [0.25, 0.3) is 22.1 Å². The Hall–Kier alpha value is -4.37. The molecule has 0 saturated carbocycles. The van der Waals surface area contributed by atoms with Gasteiger partial charge in [-0.25, -0.2) is 5.43 Å². The maximum absolute atomic E-state index is 12.1. The molecule has 0 fully saturated rings. The first-order valence-electron chi connectivity index (χ1n) is 9.37. The van der Waals surface area contributed by atoms with Gasteiger partial charge in [0.1, 0.15) is 11.5 Å². The highest BCUT2D eigenvalue weighted by Gasteiger charge is 2.08. The first kappa shape index (κ1) is 19.0. The molecule has 0 atom stereocenters. The van der Waals surface area contributed by atoms with Crippen molar-refractivity contribution in [3.63, 3.8) is 0 Å². The molecule has 0 bridgehead atoms. The number of anilines is 1. The van der Waals surface area contributed by atoms with Crippen LogP contribution in [0.15, 0.2) is 88.4 Å². The number of hydrogen-bond acceptors (Lipinski definition) is 5. The molecule has 3 aromatic carbocycles. The van der Waals surface area contributed by atoms with Gasteiger partial charge in [0.25, 0.3) is 5.91 Å². The number of nitrogens with one attached hydrogen (secondary N) is 2. The maximum atomic E-state index is 12.1. The van der Waals surface area contributed by atoms with Crippen LogP contribution in [0.2, 0.25) is 0 Å². The van der Waals surface area contributed by atoms with Gasteiger partial charge in [-0.2, -0.15) is 10.4 Å². The molecule has 4 rings (SSSR count). The molecule has 1 heterocycles. The van der Waals surface area contributed by atoms with E-state index in [1.807, 2.05) is 54.6 Å². The summed E-state index contributed by atoms with van der Waals surface area (Å²) in [5.41, 5.74) is 4.61. The minimum Gasteiger partial charge on any atom is -0.455 e. The number of hydrazone groups is 1. The normalized spacial score (nSPS) is 10.8. The van der Waals surface area contributed by atoms with Crippen molar-refractivity contribution in [1.82, 2.24) is 5.43 Å². The third kappa shape index (κ3) is 4.21. The molecular weight excluding hydrogens is 376 g/mol. The lowest BCUT2D eigenvalue weighted by Gasteiger charge is -2.08. The van der Waals surface area contributed by atoms with E-state index in [0.717, 1.165) is 16.5 Å². The summed E-state index contributed by atoms with van der Waals surface area (Å²) < 4.78 is 5.70. The van der Waals surface area contributed by atoms with Gasteiger partial charge >= 0.3 is 0 Å². The summed E-state index contributed by atoms with van der Waals surface area (Å²) in [6.07, 6.45) is 1.42. The van der Waals surface area contributed by atoms with E-state index in [1.165, 1.54) is 6.21 Å². The number of rotatable bonds is 6. The molecule has 1 amide bonds. The Labute approximate surface area is 173 Å². The van der Waals surface area contributed by atoms with Crippen LogP contribution >= 0.6 is 0 Å². The van der Waals surface area contributed by atoms with Gasteiger partial charge in [-0.1, -0.05) is 48.5 Å². The lowest BCUT2D eigenvalue weighted by Crippen LogP contribution is -2.25. The van der Waals surface area contributed by atoms with Gasteiger partial charge in [0.15, 0.2) is 0 Å². The Morgan fingerprint density at radius 2 is 1.80 bits per heavy atom. The van der Waals surface area contributed by atoms with Crippen LogP contribution < -0.4 is 10.7 Å². The number of nitriles is 1. The number of benzene rings is 3. The molecule has 30 heavy (non-hydrogen) atoms. The summed E-state index contributed by atoms with van der Waals surface area (Å²) in [5, 5.41) is 18.4. The standard InChI is InChI=1S/C24H18N4O2/c25-14-18-7-2-4-10-21(18)23-13-12-19(30-23)15-27-28-24(29)16-26-22-11-5-8-17-6-1-3-9-20(17)22/h1-13,15,26H,16H2,(H,28,29)/b27-15-. The summed E-state index contributed by atoms with van der Waals surface area (Å²) in [5.74, 6) is 0.762. The average Bonchev–Trinajstić information content (AvgIpc) is 3.26. The number of amides is 1. The lowest BCUT2D eigenvalue weighted by atomic mass is 10.1. The smallest absolute Gasteiger partial charge is 0.259 e. The third-order valence-corrected chi connectivity index (χ3v) is 4.55. The van der Waals surface area contributed by atoms with Gasteiger partial charge in [0.05, 0.1) is 24.4 Å². The molecule has 0 unspecified atom stereocenters. The zero-order valence-corrected chi connectivity index (χ0v) is 16.0. The Kier molecular flexibility index (Phi) is 5.54. The Morgan fingerprint density at radius 3 is 2.70 bits per heavy atom. The van der Waals surface area contributed by atoms with Crippen molar-refractivity contribution in [1.29, 1.82) is 5.26 Å². The SMILES string of the molecule is N#Cc1ccccc1-c1ccc(/C=N\NC(=O)CNc2cccc3ccccc23)o1. The molecule has 146 valence electrons. The highest BCUT2D eigenvalue weighted by Crippen LogP contribution is 2.25. The van der Waals surface area contributed by atoms with Crippen molar-refractivity contribution < 1.29 is 9.21 Å². The van der Waals surface area contributed by atoms with E-state index in [-0.39, 0.29) is 12.5 Å². The molecule has 0 aliphatic carbocycles. The first-order valence-corrected chi connectivity index (χ1v) is 9.37. The molecule has 0 radical (unpaired) electrons. The van der Waals surface area contributed by atoms with Crippen LogP contribution in [0.5, 0.6) is 0 Å². The largest absolute Gasteiger partial charge is 0.455 e. The lowest BCUT2D eigenvalue weighted by molar-refractivity contribution is -0.119. The third-order valence-electron chi connectivity index (χ3n) is 4.55. The number of hydrogen-bond donors (Lipinski definition) is 2. The van der Waals surface area contributed by atoms with Gasteiger partial charge in [-0.05, 0) is 35.7 Å². The molecule has 0 spiro atoms. The fourth-order valence-electron chi connectivity index (χ4n) is 3.12. The predicted octanol–water partition coefficient (Wildman–Crippen LogP) is 4.53. The fraction of sp³-hybridized carbons (Fsp3) is 0.0417.